The standard InChI is InChI=1S/C24H28N2O3/c1-2-4-6-10-17(9-5-3-1)23-25-22(26-29-23)20-13-14-21(24-27-15-16-28-24)19-12-8-7-11-18(19)20/h7-8,11-14,17,24H,1-6,9-10,15-16H2. The van der Waals surface area contributed by atoms with E-state index in [1.54, 1.807) is 0 Å². The molecule has 5 heteroatoms. The second kappa shape index (κ2) is 8.64. The van der Waals surface area contributed by atoms with Gasteiger partial charge in [0.2, 0.25) is 11.7 Å². The fourth-order valence-electron chi connectivity index (χ4n) is 4.65. The smallest absolute Gasteiger partial charge is 0.230 e. The van der Waals surface area contributed by atoms with Crippen LogP contribution in [0.3, 0.4) is 0 Å². The molecule has 1 saturated carbocycles. The molecule has 152 valence electrons. The van der Waals surface area contributed by atoms with Crippen molar-refractivity contribution in [2.75, 3.05) is 13.2 Å². The number of nitrogens with zero attached hydrogens (tertiary/aromatic N) is 2. The number of hydrogen-bond donors (Lipinski definition) is 0. The van der Waals surface area contributed by atoms with Crippen LogP contribution in [0.15, 0.2) is 40.9 Å². The van der Waals surface area contributed by atoms with E-state index < -0.39 is 0 Å². The van der Waals surface area contributed by atoms with Gasteiger partial charge in [-0.3, -0.25) is 0 Å². The number of fused-ring (bicyclic) bond motifs is 1. The highest BCUT2D eigenvalue weighted by Crippen LogP contribution is 2.36. The third kappa shape index (κ3) is 3.94. The molecule has 5 rings (SSSR count). The Morgan fingerprint density at radius 2 is 1.45 bits per heavy atom. The molecule has 0 amide bonds. The molecule has 0 bridgehead atoms. The van der Waals surface area contributed by atoms with Crippen LogP contribution in [-0.4, -0.2) is 23.4 Å². The van der Waals surface area contributed by atoms with Gasteiger partial charge in [-0.1, -0.05) is 74.0 Å². The maximum absolute atomic E-state index is 5.76. The van der Waals surface area contributed by atoms with E-state index in [0.717, 1.165) is 40.6 Å². The van der Waals surface area contributed by atoms with Crippen LogP contribution in [0.5, 0.6) is 0 Å². The minimum absolute atomic E-state index is 0.298. The highest BCUT2D eigenvalue weighted by Gasteiger charge is 2.24. The Bertz CT molecular complexity index is 952. The number of aromatic nitrogens is 2. The SMILES string of the molecule is c1ccc2c(C3OCCO3)ccc(-c3noc(C4CCCCCCCC4)n3)c2c1. The van der Waals surface area contributed by atoms with E-state index in [0.29, 0.717) is 25.0 Å². The van der Waals surface area contributed by atoms with E-state index in [4.69, 9.17) is 19.0 Å². The predicted molar refractivity (Wildman–Crippen MR) is 112 cm³/mol. The predicted octanol–water partition coefficient (Wildman–Crippen LogP) is 6.15. The molecule has 2 fully saturated rings. The van der Waals surface area contributed by atoms with Gasteiger partial charge in [-0.15, -0.1) is 0 Å². The van der Waals surface area contributed by atoms with Gasteiger partial charge in [0.25, 0.3) is 0 Å². The quantitative estimate of drug-likeness (QED) is 0.535. The average molecular weight is 392 g/mol. The van der Waals surface area contributed by atoms with Crippen molar-refractivity contribution in [2.45, 2.75) is 63.6 Å². The van der Waals surface area contributed by atoms with Crippen LogP contribution >= 0.6 is 0 Å². The molecule has 0 N–H and O–H groups in total. The molecular formula is C24H28N2O3. The maximum Gasteiger partial charge on any atom is 0.230 e. The third-order valence-electron chi connectivity index (χ3n) is 6.22. The molecule has 1 saturated heterocycles. The first-order valence-corrected chi connectivity index (χ1v) is 11.0. The monoisotopic (exact) mass is 392 g/mol. The molecule has 0 atom stereocenters. The molecule has 2 heterocycles. The van der Waals surface area contributed by atoms with Crippen LogP contribution in [-0.2, 0) is 9.47 Å². The largest absolute Gasteiger partial charge is 0.346 e. The van der Waals surface area contributed by atoms with Crippen LogP contribution in [0.2, 0.25) is 0 Å². The summed E-state index contributed by atoms with van der Waals surface area (Å²) in [5, 5.41) is 6.59. The summed E-state index contributed by atoms with van der Waals surface area (Å²) in [4.78, 5) is 4.84. The van der Waals surface area contributed by atoms with Gasteiger partial charge in [0, 0.05) is 17.0 Å². The van der Waals surface area contributed by atoms with Crippen molar-refractivity contribution >= 4 is 10.8 Å². The Balaban J connectivity index is 1.47. The summed E-state index contributed by atoms with van der Waals surface area (Å²) in [7, 11) is 0. The third-order valence-corrected chi connectivity index (χ3v) is 6.22. The van der Waals surface area contributed by atoms with Gasteiger partial charge in [0.1, 0.15) is 0 Å². The van der Waals surface area contributed by atoms with E-state index in [1.165, 1.54) is 38.5 Å². The van der Waals surface area contributed by atoms with E-state index in [2.05, 4.69) is 29.4 Å². The summed E-state index contributed by atoms with van der Waals surface area (Å²) in [6.45, 7) is 1.27. The lowest BCUT2D eigenvalue weighted by Gasteiger charge is -2.14. The zero-order valence-electron chi connectivity index (χ0n) is 16.8. The van der Waals surface area contributed by atoms with Crippen LogP contribution in [0.1, 0.15) is 75.0 Å². The van der Waals surface area contributed by atoms with Crippen molar-refractivity contribution in [3.63, 3.8) is 0 Å². The minimum Gasteiger partial charge on any atom is -0.346 e. The Hall–Kier alpha value is -2.24. The second-order valence-electron chi connectivity index (χ2n) is 8.17. The summed E-state index contributed by atoms with van der Waals surface area (Å²) < 4.78 is 17.2. The summed E-state index contributed by atoms with van der Waals surface area (Å²) in [5.74, 6) is 1.87. The van der Waals surface area contributed by atoms with E-state index >= 15 is 0 Å². The Morgan fingerprint density at radius 1 is 0.759 bits per heavy atom. The van der Waals surface area contributed by atoms with Gasteiger partial charge in [-0.2, -0.15) is 4.98 Å². The second-order valence-corrected chi connectivity index (χ2v) is 8.17. The lowest BCUT2D eigenvalue weighted by atomic mass is 9.96. The van der Waals surface area contributed by atoms with Gasteiger partial charge in [-0.05, 0) is 29.7 Å². The molecule has 1 aliphatic carbocycles. The number of benzene rings is 2. The number of ether oxygens (including phenoxy) is 2. The first kappa shape index (κ1) is 18.8. The molecule has 5 nitrogen and oxygen atoms in total. The van der Waals surface area contributed by atoms with Crippen molar-refractivity contribution in [3.05, 3.63) is 47.9 Å². The van der Waals surface area contributed by atoms with Crippen molar-refractivity contribution in [1.29, 1.82) is 0 Å². The topological polar surface area (TPSA) is 57.4 Å². The summed E-state index contributed by atoms with van der Waals surface area (Å²) in [5.41, 5.74) is 2.06. The van der Waals surface area contributed by atoms with Gasteiger partial charge in [-0.25, -0.2) is 0 Å². The van der Waals surface area contributed by atoms with E-state index in [1.807, 2.05) is 12.1 Å². The fraction of sp³-hybridized carbons (Fsp3) is 0.500. The van der Waals surface area contributed by atoms with Gasteiger partial charge < -0.3 is 14.0 Å². The molecule has 3 aromatic rings. The zero-order valence-corrected chi connectivity index (χ0v) is 16.8. The molecular weight excluding hydrogens is 364 g/mol. The lowest BCUT2D eigenvalue weighted by Crippen LogP contribution is -2.00. The molecule has 1 aliphatic heterocycles. The van der Waals surface area contributed by atoms with Gasteiger partial charge >= 0.3 is 0 Å². The van der Waals surface area contributed by atoms with Crippen molar-refractivity contribution in [3.8, 4) is 11.4 Å². The Labute approximate surface area is 171 Å². The van der Waals surface area contributed by atoms with E-state index in [-0.39, 0.29) is 6.29 Å². The van der Waals surface area contributed by atoms with Crippen LogP contribution in [0.4, 0.5) is 0 Å². The summed E-state index contributed by atoms with van der Waals surface area (Å²) in [6, 6.07) is 12.5. The first-order chi connectivity index (χ1) is 14.4. The summed E-state index contributed by atoms with van der Waals surface area (Å²) >= 11 is 0. The molecule has 29 heavy (non-hydrogen) atoms. The molecule has 0 radical (unpaired) electrons. The minimum atomic E-state index is -0.298. The number of rotatable bonds is 3. The number of hydrogen-bond acceptors (Lipinski definition) is 5. The van der Waals surface area contributed by atoms with Crippen LogP contribution in [0, 0.1) is 0 Å². The molecule has 2 aliphatic rings. The fourth-order valence-corrected chi connectivity index (χ4v) is 4.65. The van der Waals surface area contributed by atoms with Crippen molar-refractivity contribution < 1.29 is 14.0 Å². The van der Waals surface area contributed by atoms with Crippen LogP contribution < -0.4 is 0 Å². The molecule has 0 spiro atoms. The van der Waals surface area contributed by atoms with E-state index in [9.17, 15) is 0 Å². The normalized spacial score (nSPS) is 19.9. The molecule has 0 unspecified atom stereocenters. The zero-order chi connectivity index (χ0) is 19.5. The summed E-state index contributed by atoms with van der Waals surface area (Å²) in [6.07, 6.45) is 9.85. The highest BCUT2D eigenvalue weighted by molar-refractivity contribution is 5.97. The lowest BCUT2D eigenvalue weighted by molar-refractivity contribution is -0.0429. The molecule has 2 aromatic carbocycles. The Morgan fingerprint density at radius 3 is 2.21 bits per heavy atom. The highest BCUT2D eigenvalue weighted by atomic mass is 16.7. The van der Waals surface area contributed by atoms with Gasteiger partial charge in [0.05, 0.1) is 13.2 Å². The van der Waals surface area contributed by atoms with Crippen molar-refractivity contribution in [2.24, 2.45) is 0 Å². The van der Waals surface area contributed by atoms with Crippen molar-refractivity contribution in [1.82, 2.24) is 10.1 Å². The Kier molecular flexibility index (Phi) is 5.59. The van der Waals surface area contributed by atoms with Crippen LogP contribution in [0.25, 0.3) is 22.2 Å². The van der Waals surface area contributed by atoms with Gasteiger partial charge in [0.15, 0.2) is 6.29 Å². The first-order valence-electron chi connectivity index (χ1n) is 11.0. The maximum atomic E-state index is 5.76. The average Bonchev–Trinajstić information content (AvgIpc) is 3.46. The molecule has 1 aromatic heterocycles.